The van der Waals surface area contributed by atoms with Crippen molar-refractivity contribution in [3.05, 3.63) is 29.3 Å². The van der Waals surface area contributed by atoms with Gasteiger partial charge in [-0.3, -0.25) is 4.90 Å². The molecule has 0 radical (unpaired) electrons. The van der Waals surface area contributed by atoms with Crippen molar-refractivity contribution in [3.8, 4) is 0 Å². The highest BCUT2D eigenvalue weighted by atomic mass is 32.1. The Kier molecular flexibility index (Phi) is 3.33. The third kappa shape index (κ3) is 2.81. The summed E-state index contributed by atoms with van der Waals surface area (Å²) in [6.07, 6.45) is 2.34. The number of benzene rings is 1. The van der Waals surface area contributed by atoms with Crippen molar-refractivity contribution in [2.24, 2.45) is 0 Å². The van der Waals surface area contributed by atoms with Gasteiger partial charge in [-0.1, -0.05) is 12.1 Å². The average molecular weight is 276 g/mol. The Morgan fingerprint density at radius 3 is 2.95 bits per heavy atom. The normalized spacial score (nSPS) is 21.3. The van der Waals surface area contributed by atoms with Crippen LogP contribution in [0.25, 0.3) is 10.2 Å². The van der Waals surface area contributed by atoms with E-state index in [0.29, 0.717) is 12.6 Å². The first-order valence-corrected chi connectivity index (χ1v) is 7.66. The maximum Gasteiger partial charge on any atom is 0.111 e. The largest absolute Gasteiger partial charge is 0.389 e. The highest BCUT2D eigenvalue weighted by molar-refractivity contribution is 7.18. The van der Waals surface area contributed by atoms with E-state index in [1.807, 2.05) is 19.9 Å². The second kappa shape index (κ2) is 4.85. The van der Waals surface area contributed by atoms with Gasteiger partial charge < -0.3 is 5.11 Å². The summed E-state index contributed by atoms with van der Waals surface area (Å²) >= 11 is 1.79. The van der Waals surface area contributed by atoms with Gasteiger partial charge in [-0.25, -0.2) is 4.98 Å². The number of fused-ring (bicyclic) bond motifs is 1. The Morgan fingerprint density at radius 1 is 1.42 bits per heavy atom. The molecule has 3 rings (SSSR count). The van der Waals surface area contributed by atoms with Crippen molar-refractivity contribution in [2.75, 3.05) is 13.1 Å². The summed E-state index contributed by atoms with van der Waals surface area (Å²) < 4.78 is 1.26. The molecule has 1 aromatic carbocycles. The van der Waals surface area contributed by atoms with E-state index in [-0.39, 0.29) is 0 Å². The molecule has 0 spiro atoms. The minimum Gasteiger partial charge on any atom is -0.389 e. The van der Waals surface area contributed by atoms with Crippen molar-refractivity contribution in [1.82, 2.24) is 9.88 Å². The molecule has 1 unspecified atom stereocenters. The Hall–Kier alpha value is -0.970. The lowest BCUT2D eigenvalue weighted by Crippen LogP contribution is -2.38. The van der Waals surface area contributed by atoms with Crippen LogP contribution in [-0.2, 0) is 0 Å². The summed E-state index contributed by atoms with van der Waals surface area (Å²) in [6, 6.07) is 8.68. The van der Waals surface area contributed by atoms with E-state index >= 15 is 0 Å². The van der Waals surface area contributed by atoms with E-state index in [2.05, 4.69) is 23.1 Å². The topological polar surface area (TPSA) is 36.4 Å². The fourth-order valence-corrected chi connectivity index (χ4v) is 3.96. The van der Waals surface area contributed by atoms with Crippen LogP contribution in [0.15, 0.2) is 24.3 Å². The number of aliphatic hydroxyl groups is 1. The molecule has 0 amide bonds. The zero-order valence-electron chi connectivity index (χ0n) is 11.5. The maximum atomic E-state index is 10.0. The Bertz CT molecular complexity index is 540. The van der Waals surface area contributed by atoms with Crippen LogP contribution in [0.2, 0.25) is 0 Å². The number of para-hydroxylation sites is 1. The predicted octanol–water partition coefficient (Wildman–Crippen LogP) is 3.20. The summed E-state index contributed by atoms with van der Waals surface area (Å²) in [5.41, 5.74) is 0.455. The molecule has 2 heterocycles. The van der Waals surface area contributed by atoms with Gasteiger partial charge in [0.15, 0.2) is 0 Å². The fourth-order valence-electron chi connectivity index (χ4n) is 2.82. The Labute approximate surface area is 117 Å². The summed E-state index contributed by atoms with van der Waals surface area (Å²) in [7, 11) is 0. The predicted molar refractivity (Wildman–Crippen MR) is 79.5 cm³/mol. The average Bonchev–Trinajstić information content (AvgIpc) is 2.91. The quantitative estimate of drug-likeness (QED) is 0.935. The first-order valence-electron chi connectivity index (χ1n) is 6.85. The highest BCUT2D eigenvalue weighted by Gasteiger charge is 2.31. The number of nitrogens with zero attached hydrogens (tertiary/aromatic N) is 2. The second-order valence-electron chi connectivity index (χ2n) is 5.96. The molecule has 4 heteroatoms. The van der Waals surface area contributed by atoms with Gasteiger partial charge in [0, 0.05) is 6.54 Å². The van der Waals surface area contributed by atoms with Crippen LogP contribution in [0.1, 0.15) is 37.7 Å². The molecule has 1 aliphatic heterocycles. The van der Waals surface area contributed by atoms with E-state index in [1.165, 1.54) is 16.1 Å². The van der Waals surface area contributed by atoms with Crippen LogP contribution in [0.3, 0.4) is 0 Å². The molecule has 1 N–H and O–H groups in total. The zero-order valence-corrected chi connectivity index (χ0v) is 12.3. The summed E-state index contributed by atoms with van der Waals surface area (Å²) in [6.45, 7) is 5.53. The molecule has 2 aromatic rings. The van der Waals surface area contributed by atoms with E-state index < -0.39 is 5.60 Å². The standard InChI is InChI=1S/C15H20N2OS/c1-15(2,18)10-17-9-5-7-12(17)14-16-11-6-3-4-8-13(11)19-14/h3-4,6,8,12,18H,5,7,9-10H2,1-2H3. The number of likely N-dealkylation sites (tertiary alicyclic amines) is 1. The van der Waals surface area contributed by atoms with E-state index in [1.54, 1.807) is 11.3 Å². The number of hydrogen-bond donors (Lipinski definition) is 1. The Morgan fingerprint density at radius 2 is 2.21 bits per heavy atom. The van der Waals surface area contributed by atoms with Crippen molar-refractivity contribution in [2.45, 2.75) is 38.3 Å². The molecular weight excluding hydrogens is 256 g/mol. The SMILES string of the molecule is CC(C)(O)CN1CCCC1c1nc2ccccc2s1. The molecule has 0 aliphatic carbocycles. The molecule has 1 atom stereocenters. The lowest BCUT2D eigenvalue weighted by molar-refractivity contribution is 0.0317. The van der Waals surface area contributed by atoms with Gasteiger partial charge in [0.25, 0.3) is 0 Å². The molecule has 1 aliphatic rings. The summed E-state index contributed by atoms with van der Waals surface area (Å²) in [5.74, 6) is 0. The van der Waals surface area contributed by atoms with Crippen molar-refractivity contribution < 1.29 is 5.11 Å². The van der Waals surface area contributed by atoms with Crippen molar-refractivity contribution in [3.63, 3.8) is 0 Å². The van der Waals surface area contributed by atoms with Gasteiger partial charge in [0.05, 0.1) is 21.9 Å². The third-order valence-corrected chi connectivity index (χ3v) is 4.69. The molecular formula is C15H20N2OS. The number of rotatable bonds is 3. The van der Waals surface area contributed by atoms with Crippen LogP contribution in [0.5, 0.6) is 0 Å². The van der Waals surface area contributed by atoms with E-state index in [9.17, 15) is 5.11 Å². The van der Waals surface area contributed by atoms with E-state index in [4.69, 9.17) is 4.98 Å². The van der Waals surface area contributed by atoms with Crippen molar-refractivity contribution in [1.29, 1.82) is 0 Å². The highest BCUT2D eigenvalue weighted by Crippen LogP contribution is 2.36. The van der Waals surface area contributed by atoms with Crippen LogP contribution < -0.4 is 0 Å². The van der Waals surface area contributed by atoms with Crippen molar-refractivity contribution >= 4 is 21.6 Å². The first kappa shape index (κ1) is 13.0. The smallest absolute Gasteiger partial charge is 0.111 e. The van der Waals surface area contributed by atoms with E-state index in [0.717, 1.165) is 18.5 Å². The van der Waals surface area contributed by atoms with Crippen LogP contribution >= 0.6 is 11.3 Å². The molecule has 1 fully saturated rings. The van der Waals surface area contributed by atoms with Crippen LogP contribution in [0, 0.1) is 0 Å². The van der Waals surface area contributed by atoms with Crippen LogP contribution in [-0.4, -0.2) is 33.7 Å². The summed E-state index contributed by atoms with van der Waals surface area (Å²) in [4.78, 5) is 7.14. The van der Waals surface area contributed by atoms with Gasteiger partial charge in [0.2, 0.25) is 0 Å². The molecule has 0 saturated carbocycles. The van der Waals surface area contributed by atoms with Gasteiger partial charge in [-0.15, -0.1) is 11.3 Å². The minimum atomic E-state index is -0.640. The van der Waals surface area contributed by atoms with Gasteiger partial charge in [0.1, 0.15) is 5.01 Å². The van der Waals surface area contributed by atoms with Crippen LogP contribution in [0.4, 0.5) is 0 Å². The molecule has 102 valence electrons. The molecule has 0 bridgehead atoms. The molecule has 3 nitrogen and oxygen atoms in total. The molecule has 19 heavy (non-hydrogen) atoms. The minimum absolute atomic E-state index is 0.379. The lowest BCUT2D eigenvalue weighted by atomic mass is 10.1. The number of β-amino-alcohol motifs (C(OH)–C–C–N with tert-alkyl or cyclic N) is 1. The number of aromatic nitrogens is 1. The monoisotopic (exact) mass is 276 g/mol. The van der Waals surface area contributed by atoms with Gasteiger partial charge in [-0.05, 0) is 45.4 Å². The zero-order chi connectivity index (χ0) is 13.5. The Balaban J connectivity index is 1.87. The van der Waals surface area contributed by atoms with Gasteiger partial charge in [-0.2, -0.15) is 0 Å². The fraction of sp³-hybridized carbons (Fsp3) is 0.533. The molecule has 1 aromatic heterocycles. The van der Waals surface area contributed by atoms with Gasteiger partial charge >= 0.3 is 0 Å². The maximum absolute atomic E-state index is 10.0. The first-order chi connectivity index (χ1) is 9.03. The second-order valence-corrected chi connectivity index (χ2v) is 7.02. The lowest BCUT2D eigenvalue weighted by Gasteiger charge is -2.29. The molecule has 1 saturated heterocycles. The third-order valence-electron chi connectivity index (χ3n) is 3.55. The summed E-state index contributed by atoms with van der Waals surface area (Å²) in [5, 5.41) is 11.2. The number of hydrogen-bond acceptors (Lipinski definition) is 4. The number of thiazole rings is 1.